The Morgan fingerprint density at radius 2 is 2.04 bits per heavy atom. The highest BCUT2D eigenvalue weighted by Crippen LogP contribution is 2.17. The molecule has 0 aromatic carbocycles. The fourth-order valence-corrected chi connectivity index (χ4v) is 2.76. The summed E-state index contributed by atoms with van der Waals surface area (Å²) in [4.78, 5) is 11.3. The van der Waals surface area contributed by atoms with E-state index in [-0.39, 0.29) is 24.0 Å². The van der Waals surface area contributed by atoms with E-state index < -0.39 is 0 Å². The zero-order valence-electron chi connectivity index (χ0n) is 15.2. The van der Waals surface area contributed by atoms with E-state index in [1.165, 1.54) is 25.7 Å². The van der Waals surface area contributed by atoms with Gasteiger partial charge in [0.2, 0.25) is 0 Å². The van der Waals surface area contributed by atoms with Crippen LogP contribution in [-0.2, 0) is 11.3 Å². The standard InChI is InChI=1S/C18H31N5O.HI/c1-2-24-13-7-10-20-18(19)22-15-16-8-9-17(21-14-16)23-11-5-3-4-6-12-23;/h8-9,14H,2-7,10-13,15H2,1H3,(H3,19,20,22);1H. The Balaban J connectivity index is 0.00000312. The van der Waals surface area contributed by atoms with E-state index >= 15 is 0 Å². The minimum Gasteiger partial charge on any atom is -0.382 e. The van der Waals surface area contributed by atoms with E-state index in [9.17, 15) is 0 Å². The van der Waals surface area contributed by atoms with Crippen LogP contribution >= 0.6 is 24.0 Å². The van der Waals surface area contributed by atoms with E-state index in [1.54, 1.807) is 0 Å². The van der Waals surface area contributed by atoms with Crippen LogP contribution in [0.2, 0.25) is 0 Å². The first-order chi connectivity index (χ1) is 11.8. The van der Waals surface area contributed by atoms with Crippen LogP contribution in [0.5, 0.6) is 0 Å². The molecule has 0 aliphatic carbocycles. The molecule has 142 valence electrons. The first-order valence-electron chi connectivity index (χ1n) is 9.11. The van der Waals surface area contributed by atoms with Crippen molar-refractivity contribution in [3.63, 3.8) is 0 Å². The van der Waals surface area contributed by atoms with Gasteiger partial charge in [0.05, 0.1) is 6.54 Å². The predicted molar refractivity (Wildman–Crippen MR) is 115 cm³/mol. The lowest BCUT2D eigenvalue weighted by Crippen LogP contribution is -2.32. The van der Waals surface area contributed by atoms with Gasteiger partial charge >= 0.3 is 0 Å². The molecule has 0 atom stereocenters. The molecule has 1 fully saturated rings. The number of nitrogens with zero attached hydrogens (tertiary/aromatic N) is 3. The van der Waals surface area contributed by atoms with Crippen molar-refractivity contribution in [2.24, 2.45) is 10.7 Å². The number of ether oxygens (including phenoxy) is 1. The summed E-state index contributed by atoms with van der Waals surface area (Å²) in [6.07, 6.45) is 8.03. The molecule has 2 rings (SSSR count). The van der Waals surface area contributed by atoms with Crippen molar-refractivity contribution < 1.29 is 4.74 Å². The minimum absolute atomic E-state index is 0. The average molecular weight is 461 g/mol. The van der Waals surface area contributed by atoms with Crippen LogP contribution in [0, 0.1) is 0 Å². The second-order valence-electron chi connectivity index (χ2n) is 6.10. The van der Waals surface area contributed by atoms with Crippen LogP contribution in [-0.4, -0.2) is 43.8 Å². The van der Waals surface area contributed by atoms with Gasteiger partial charge in [-0.2, -0.15) is 0 Å². The molecule has 2 heterocycles. The summed E-state index contributed by atoms with van der Waals surface area (Å²) in [5.41, 5.74) is 6.95. The minimum atomic E-state index is 0. The molecule has 0 bridgehead atoms. The molecule has 0 amide bonds. The van der Waals surface area contributed by atoms with Gasteiger partial charge in [0.1, 0.15) is 5.82 Å². The number of hydrogen-bond acceptors (Lipinski definition) is 4. The molecule has 0 spiro atoms. The summed E-state index contributed by atoms with van der Waals surface area (Å²) < 4.78 is 5.28. The van der Waals surface area contributed by atoms with Crippen LogP contribution in [0.3, 0.4) is 0 Å². The molecule has 7 heteroatoms. The summed E-state index contributed by atoms with van der Waals surface area (Å²) >= 11 is 0. The molecule has 1 aromatic rings. The number of rotatable bonds is 8. The molecular weight excluding hydrogens is 429 g/mol. The van der Waals surface area contributed by atoms with Crippen molar-refractivity contribution in [2.45, 2.75) is 45.6 Å². The van der Waals surface area contributed by atoms with Crippen molar-refractivity contribution >= 4 is 35.8 Å². The van der Waals surface area contributed by atoms with E-state index in [2.05, 4.69) is 32.3 Å². The Bertz CT molecular complexity index is 487. The summed E-state index contributed by atoms with van der Waals surface area (Å²) in [5.74, 6) is 1.55. The van der Waals surface area contributed by atoms with Crippen LogP contribution in [0.1, 0.15) is 44.6 Å². The number of anilines is 1. The lowest BCUT2D eigenvalue weighted by atomic mass is 10.2. The summed E-state index contributed by atoms with van der Waals surface area (Å²) in [7, 11) is 0. The van der Waals surface area contributed by atoms with Gasteiger partial charge < -0.3 is 20.7 Å². The summed E-state index contributed by atoms with van der Waals surface area (Å²) in [6.45, 7) is 7.06. The Kier molecular flexibility index (Phi) is 11.6. The van der Waals surface area contributed by atoms with Crippen molar-refractivity contribution in [1.29, 1.82) is 0 Å². The van der Waals surface area contributed by atoms with Gasteiger partial charge in [-0.1, -0.05) is 18.9 Å². The molecule has 1 aromatic heterocycles. The van der Waals surface area contributed by atoms with Crippen molar-refractivity contribution in [3.8, 4) is 0 Å². The molecule has 0 unspecified atom stereocenters. The van der Waals surface area contributed by atoms with Gasteiger partial charge in [-0.05, 0) is 37.8 Å². The number of nitrogens with one attached hydrogen (secondary N) is 1. The maximum absolute atomic E-state index is 5.87. The molecule has 3 N–H and O–H groups in total. The first-order valence-corrected chi connectivity index (χ1v) is 9.11. The summed E-state index contributed by atoms with van der Waals surface area (Å²) in [6, 6.07) is 4.20. The number of nitrogens with two attached hydrogens (primary N) is 1. The first kappa shape index (κ1) is 22.0. The van der Waals surface area contributed by atoms with E-state index in [0.717, 1.165) is 50.7 Å². The van der Waals surface area contributed by atoms with Crippen molar-refractivity contribution in [3.05, 3.63) is 23.9 Å². The maximum atomic E-state index is 5.87. The molecule has 1 aliphatic rings. The van der Waals surface area contributed by atoms with E-state index in [0.29, 0.717) is 12.5 Å². The van der Waals surface area contributed by atoms with E-state index in [4.69, 9.17) is 10.5 Å². The zero-order chi connectivity index (χ0) is 17.0. The number of pyridine rings is 1. The van der Waals surface area contributed by atoms with Gasteiger partial charge in [0.15, 0.2) is 5.96 Å². The third kappa shape index (κ3) is 8.71. The Morgan fingerprint density at radius 3 is 2.68 bits per heavy atom. The Labute approximate surface area is 168 Å². The molecule has 6 nitrogen and oxygen atoms in total. The Morgan fingerprint density at radius 1 is 1.28 bits per heavy atom. The molecule has 0 saturated carbocycles. The quantitative estimate of drug-likeness (QED) is 0.270. The van der Waals surface area contributed by atoms with Gasteiger partial charge in [-0.3, -0.25) is 0 Å². The Hall–Kier alpha value is -1.09. The topological polar surface area (TPSA) is 75.8 Å². The number of guanidine groups is 1. The number of aliphatic imine (C=N–C) groups is 1. The average Bonchev–Trinajstić information content (AvgIpc) is 2.90. The number of aromatic nitrogens is 1. The van der Waals surface area contributed by atoms with Crippen LogP contribution in [0.25, 0.3) is 0 Å². The second-order valence-corrected chi connectivity index (χ2v) is 6.10. The van der Waals surface area contributed by atoms with Crippen molar-refractivity contribution in [2.75, 3.05) is 37.7 Å². The monoisotopic (exact) mass is 461 g/mol. The highest BCUT2D eigenvalue weighted by Gasteiger charge is 2.10. The largest absolute Gasteiger partial charge is 0.382 e. The lowest BCUT2D eigenvalue weighted by Gasteiger charge is -2.21. The molecular formula is C18H32IN5O. The zero-order valence-corrected chi connectivity index (χ0v) is 17.6. The van der Waals surface area contributed by atoms with Gasteiger partial charge in [0.25, 0.3) is 0 Å². The number of halogens is 1. The normalized spacial score (nSPS) is 15.4. The highest BCUT2D eigenvalue weighted by atomic mass is 127. The lowest BCUT2D eigenvalue weighted by molar-refractivity contribution is 0.145. The number of hydrogen-bond donors (Lipinski definition) is 2. The van der Waals surface area contributed by atoms with Crippen LogP contribution in [0.4, 0.5) is 5.82 Å². The van der Waals surface area contributed by atoms with Gasteiger partial charge in [0, 0.05) is 39.0 Å². The SMILES string of the molecule is CCOCCCNC(N)=NCc1ccc(N2CCCCCC2)nc1.I. The molecule has 0 radical (unpaired) electrons. The third-order valence-corrected chi connectivity index (χ3v) is 4.15. The van der Waals surface area contributed by atoms with E-state index in [1.807, 2.05) is 13.1 Å². The third-order valence-electron chi connectivity index (χ3n) is 4.15. The van der Waals surface area contributed by atoms with Crippen LogP contribution in [0.15, 0.2) is 23.3 Å². The smallest absolute Gasteiger partial charge is 0.188 e. The van der Waals surface area contributed by atoms with Crippen molar-refractivity contribution in [1.82, 2.24) is 10.3 Å². The molecule has 25 heavy (non-hydrogen) atoms. The van der Waals surface area contributed by atoms with Gasteiger partial charge in [-0.15, -0.1) is 24.0 Å². The van der Waals surface area contributed by atoms with Crippen LogP contribution < -0.4 is 16.0 Å². The fraction of sp³-hybridized carbons (Fsp3) is 0.667. The second kappa shape index (κ2) is 13.2. The summed E-state index contributed by atoms with van der Waals surface area (Å²) in [5, 5.41) is 3.10. The van der Waals surface area contributed by atoms with Gasteiger partial charge in [-0.25, -0.2) is 9.98 Å². The molecule has 1 saturated heterocycles. The maximum Gasteiger partial charge on any atom is 0.188 e. The fourth-order valence-electron chi connectivity index (χ4n) is 2.76. The predicted octanol–water partition coefficient (Wildman–Crippen LogP) is 2.91. The molecule has 1 aliphatic heterocycles. The highest BCUT2D eigenvalue weighted by molar-refractivity contribution is 14.0.